The zero-order valence-electron chi connectivity index (χ0n) is 12.4. The minimum atomic E-state index is 0.0729. The molecule has 1 saturated carbocycles. The zero-order chi connectivity index (χ0) is 14.0. The summed E-state index contributed by atoms with van der Waals surface area (Å²) >= 11 is 0. The van der Waals surface area contributed by atoms with Gasteiger partial charge in [-0.1, -0.05) is 12.1 Å². The Balaban J connectivity index is 1.91. The number of carbonyl (C=O) groups is 1. The topological polar surface area (TPSA) is 32.3 Å². The summed E-state index contributed by atoms with van der Waals surface area (Å²) in [7, 11) is 2.03. The summed E-state index contributed by atoms with van der Waals surface area (Å²) < 4.78 is 0. The number of hydrogen-bond donors (Lipinski definition) is 1. The van der Waals surface area contributed by atoms with E-state index in [1.54, 1.807) is 0 Å². The molecule has 3 heteroatoms. The van der Waals surface area contributed by atoms with Gasteiger partial charge in [0.1, 0.15) is 0 Å². The predicted molar refractivity (Wildman–Crippen MR) is 79.4 cm³/mol. The molecule has 1 N–H and O–H groups in total. The molecule has 1 aliphatic carbocycles. The van der Waals surface area contributed by atoms with Gasteiger partial charge in [0.05, 0.1) is 6.54 Å². The Morgan fingerprint density at radius 1 is 1.42 bits per heavy atom. The maximum Gasteiger partial charge on any atom is 0.238 e. The van der Waals surface area contributed by atoms with Crippen LogP contribution in [-0.2, 0) is 4.79 Å². The fourth-order valence-electron chi connectivity index (χ4n) is 2.37. The molecule has 1 fully saturated rings. The summed E-state index contributed by atoms with van der Waals surface area (Å²) in [5.74, 6) is 0.863. The predicted octanol–water partition coefficient (Wildman–Crippen LogP) is 2.97. The average Bonchev–Trinajstić information content (AvgIpc) is 3.16. The summed E-state index contributed by atoms with van der Waals surface area (Å²) in [6.45, 7) is 6.73. The lowest BCUT2D eigenvalue weighted by molar-refractivity contribution is -0.117. The molecule has 0 aromatic heterocycles. The average molecular weight is 260 g/mol. The normalized spacial score (nSPS) is 16.5. The van der Waals surface area contributed by atoms with Crippen molar-refractivity contribution in [1.82, 2.24) is 4.90 Å². The highest BCUT2D eigenvalue weighted by Gasteiger charge is 2.30. The first-order valence-corrected chi connectivity index (χ1v) is 7.04. The molecule has 0 unspecified atom stereocenters. The van der Waals surface area contributed by atoms with Crippen molar-refractivity contribution in [2.24, 2.45) is 5.92 Å². The second-order valence-electron chi connectivity index (χ2n) is 5.86. The van der Waals surface area contributed by atoms with Crippen molar-refractivity contribution < 1.29 is 4.79 Å². The summed E-state index contributed by atoms with van der Waals surface area (Å²) in [6, 6.07) is 6.63. The van der Waals surface area contributed by atoms with Crippen LogP contribution in [0.4, 0.5) is 5.69 Å². The number of hydrogen-bond acceptors (Lipinski definition) is 2. The molecule has 1 aromatic carbocycles. The van der Waals surface area contributed by atoms with Crippen molar-refractivity contribution in [3.63, 3.8) is 0 Å². The number of nitrogens with zero attached hydrogens (tertiary/aromatic N) is 1. The number of carbonyl (C=O) groups excluding carboxylic acids is 1. The monoisotopic (exact) mass is 260 g/mol. The number of nitrogens with one attached hydrogen (secondary N) is 1. The van der Waals surface area contributed by atoms with Gasteiger partial charge in [0.2, 0.25) is 5.91 Å². The molecule has 0 spiro atoms. The third-order valence-electron chi connectivity index (χ3n) is 4.06. The van der Waals surface area contributed by atoms with E-state index in [1.165, 1.54) is 18.4 Å². The molecular formula is C16H24N2O. The second kappa shape index (κ2) is 5.74. The van der Waals surface area contributed by atoms with Crippen molar-refractivity contribution in [3.05, 3.63) is 29.3 Å². The Morgan fingerprint density at radius 2 is 2.11 bits per heavy atom. The van der Waals surface area contributed by atoms with Crippen LogP contribution in [0.5, 0.6) is 0 Å². The first-order chi connectivity index (χ1) is 8.97. The zero-order valence-corrected chi connectivity index (χ0v) is 12.4. The Labute approximate surface area is 116 Å². The van der Waals surface area contributed by atoms with Gasteiger partial charge >= 0.3 is 0 Å². The number of benzene rings is 1. The van der Waals surface area contributed by atoms with Crippen LogP contribution in [-0.4, -0.2) is 30.4 Å². The number of rotatable bonds is 5. The largest absolute Gasteiger partial charge is 0.325 e. The van der Waals surface area contributed by atoms with E-state index >= 15 is 0 Å². The number of aryl methyl sites for hydroxylation is 2. The molecular weight excluding hydrogens is 236 g/mol. The van der Waals surface area contributed by atoms with Crippen LogP contribution in [0.2, 0.25) is 0 Å². The molecule has 0 bridgehead atoms. The van der Waals surface area contributed by atoms with E-state index in [0.717, 1.165) is 17.2 Å². The standard InChI is InChI=1S/C16H24N2O/c1-11-5-6-12(2)15(9-11)17-16(19)10-18(4)13(3)14-7-8-14/h5-6,9,13-14H,7-8,10H2,1-4H3,(H,17,19)/t13-/m0/s1. The first kappa shape index (κ1) is 14.1. The Bertz CT molecular complexity index is 466. The summed E-state index contributed by atoms with van der Waals surface area (Å²) in [5.41, 5.74) is 3.20. The minimum absolute atomic E-state index is 0.0729. The van der Waals surface area contributed by atoms with E-state index in [4.69, 9.17) is 0 Å². The van der Waals surface area contributed by atoms with Gasteiger partial charge in [-0.05, 0) is 63.8 Å². The maximum absolute atomic E-state index is 12.1. The highest BCUT2D eigenvalue weighted by molar-refractivity contribution is 5.93. The van der Waals surface area contributed by atoms with E-state index in [2.05, 4.69) is 23.2 Å². The molecule has 1 atom stereocenters. The van der Waals surface area contributed by atoms with Crippen LogP contribution in [0.25, 0.3) is 0 Å². The van der Waals surface area contributed by atoms with Crippen molar-refractivity contribution in [3.8, 4) is 0 Å². The van der Waals surface area contributed by atoms with Gasteiger partial charge in [0.15, 0.2) is 0 Å². The molecule has 104 valence electrons. The van der Waals surface area contributed by atoms with Gasteiger partial charge in [-0.15, -0.1) is 0 Å². The molecule has 2 rings (SSSR count). The van der Waals surface area contributed by atoms with Crippen molar-refractivity contribution in [2.75, 3.05) is 18.9 Å². The molecule has 0 aliphatic heterocycles. The molecule has 1 aliphatic rings. The van der Waals surface area contributed by atoms with Crippen molar-refractivity contribution in [1.29, 1.82) is 0 Å². The lowest BCUT2D eigenvalue weighted by atomic mass is 10.1. The fraction of sp³-hybridized carbons (Fsp3) is 0.562. The smallest absolute Gasteiger partial charge is 0.238 e. The van der Waals surface area contributed by atoms with Crippen molar-refractivity contribution >= 4 is 11.6 Å². The summed E-state index contributed by atoms with van der Waals surface area (Å²) in [5, 5.41) is 3.02. The SMILES string of the molecule is Cc1ccc(C)c(NC(=O)CN(C)[C@@H](C)C2CC2)c1. The lowest BCUT2D eigenvalue weighted by Crippen LogP contribution is -2.37. The maximum atomic E-state index is 12.1. The second-order valence-corrected chi connectivity index (χ2v) is 5.86. The highest BCUT2D eigenvalue weighted by Crippen LogP contribution is 2.34. The molecule has 0 radical (unpaired) electrons. The highest BCUT2D eigenvalue weighted by atomic mass is 16.2. The van der Waals surface area contributed by atoms with Crippen LogP contribution in [0.3, 0.4) is 0 Å². The Morgan fingerprint density at radius 3 is 2.74 bits per heavy atom. The molecule has 19 heavy (non-hydrogen) atoms. The molecule has 3 nitrogen and oxygen atoms in total. The minimum Gasteiger partial charge on any atom is -0.325 e. The quantitative estimate of drug-likeness (QED) is 0.882. The van der Waals surface area contributed by atoms with E-state index in [1.807, 2.05) is 33.0 Å². The Hall–Kier alpha value is -1.35. The number of anilines is 1. The summed E-state index contributed by atoms with van der Waals surface area (Å²) in [4.78, 5) is 14.2. The first-order valence-electron chi connectivity index (χ1n) is 7.04. The third kappa shape index (κ3) is 3.80. The third-order valence-corrected chi connectivity index (χ3v) is 4.06. The van der Waals surface area contributed by atoms with E-state index < -0.39 is 0 Å². The van der Waals surface area contributed by atoms with Gasteiger partial charge in [0.25, 0.3) is 0 Å². The van der Waals surface area contributed by atoms with Gasteiger partial charge in [-0.3, -0.25) is 9.69 Å². The van der Waals surface area contributed by atoms with E-state index in [9.17, 15) is 4.79 Å². The molecule has 0 saturated heterocycles. The van der Waals surface area contributed by atoms with Gasteiger partial charge in [0, 0.05) is 11.7 Å². The summed E-state index contributed by atoms with van der Waals surface area (Å²) in [6.07, 6.45) is 2.62. The molecule has 0 heterocycles. The fourth-order valence-corrected chi connectivity index (χ4v) is 2.37. The molecule has 1 amide bonds. The van der Waals surface area contributed by atoms with Gasteiger partial charge < -0.3 is 5.32 Å². The van der Waals surface area contributed by atoms with Gasteiger partial charge in [-0.25, -0.2) is 0 Å². The Kier molecular flexibility index (Phi) is 4.25. The van der Waals surface area contributed by atoms with Crippen molar-refractivity contribution in [2.45, 2.75) is 39.7 Å². The van der Waals surface area contributed by atoms with E-state index in [0.29, 0.717) is 12.6 Å². The van der Waals surface area contributed by atoms with Crippen LogP contribution in [0.15, 0.2) is 18.2 Å². The number of likely N-dealkylation sites (N-methyl/N-ethyl adjacent to an activating group) is 1. The van der Waals surface area contributed by atoms with Gasteiger partial charge in [-0.2, -0.15) is 0 Å². The van der Waals surface area contributed by atoms with Crippen LogP contribution in [0.1, 0.15) is 30.9 Å². The molecule has 1 aromatic rings. The van der Waals surface area contributed by atoms with Crippen LogP contribution in [0, 0.1) is 19.8 Å². The van der Waals surface area contributed by atoms with E-state index in [-0.39, 0.29) is 5.91 Å². The van der Waals surface area contributed by atoms with Crippen LogP contribution < -0.4 is 5.32 Å². The number of amides is 1. The van der Waals surface area contributed by atoms with Crippen LogP contribution >= 0.6 is 0 Å². The lowest BCUT2D eigenvalue weighted by Gasteiger charge is -2.24.